The van der Waals surface area contributed by atoms with Crippen LogP contribution in [-0.4, -0.2) is 30.5 Å². The Bertz CT molecular complexity index is 1050. The van der Waals surface area contributed by atoms with Crippen LogP contribution in [0.25, 0.3) is 0 Å². The monoisotopic (exact) mass is 421 g/mol. The fourth-order valence-corrected chi connectivity index (χ4v) is 4.61. The van der Waals surface area contributed by atoms with Gasteiger partial charge in [-0.1, -0.05) is 30.3 Å². The second-order valence-electron chi connectivity index (χ2n) is 7.13. The summed E-state index contributed by atoms with van der Waals surface area (Å²) in [6, 6.07) is 16.9. The number of benzene rings is 2. The van der Waals surface area contributed by atoms with Gasteiger partial charge in [-0.15, -0.1) is 11.3 Å². The predicted molar refractivity (Wildman–Crippen MR) is 117 cm³/mol. The number of fused-ring (bicyclic) bond motifs is 1. The van der Waals surface area contributed by atoms with Crippen LogP contribution in [0.5, 0.6) is 5.75 Å². The van der Waals surface area contributed by atoms with E-state index < -0.39 is 0 Å². The summed E-state index contributed by atoms with van der Waals surface area (Å²) in [5.41, 5.74) is 2.49. The molecule has 2 amide bonds. The number of nitrogens with one attached hydrogen (secondary N) is 2. The Morgan fingerprint density at radius 2 is 2.00 bits per heavy atom. The first-order valence-corrected chi connectivity index (χ1v) is 10.7. The van der Waals surface area contributed by atoms with Crippen molar-refractivity contribution in [3.8, 4) is 5.75 Å². The molecular weight excluding hydrogens is 398 g/mol. The summed E-state index contributed by atoms with van der Waals surface area (Å²) < 4.78 is 5.24. The highest BCUT2D eigenvalue weighted by atomic mass is 32.1. The van der Waals surface area contributed by atoms with E-state index in [9.17, 15) is 9.59 Å². The summed E-state index contributed by atoms with van der Waals surface area (Å²) in [7, 11) is 1.64. The Morgan fingerprint density at radius 1 is 1.17 bits per heavy atom. The Morgan fingerprint density at radius 3 is 2.80 bits per heavy atom. The van der Waals surface area contributed by atoms with Crippen LogP contribution in [-0.2, 0) is 17.6 Å². The number of rotatable bonds is 7. The third-order valence-corrected chi connectivity index (χ3v) is 6.18. The van der Waals surface area contributed by atoms with Crippen molar-refractivity contribution in [1.82, 2.24) is 10.3 Å². The third-order valence-electron chi connectivity index (χ3n) is 5.14. The fraction of sp³-hybridized carbons (Fsp3) is 0.261. The molecule has 4 rings (SSSR count). The van der Waals surface area contributed by atoms with E-state index in [-0.39, 0.29) is 17.7 Å². The number of hydrogen-bond donors (Lipinski definition) is 2. The standard InChI is InChI=1S/C23H23N3O3S/c1-29-17-9-5-6-15(14-17)12-13-24-22(28)18-10-11-19-20(18)25-23(30-19)26-21(27)16-7-3-2-4-8-16/h2-9,14,18H,10-13H2,1H3,(H,24,28)(H,25,26,27). The first-order chi connectivity index (χ1) is 14.6. The number of carbonyl (C=O) groups excluding carboxylic acids is 2. The van der Waals surface area contributed by atoms with E-state index in [1.807, 2.05) is 42.5 Å². The molecule has 1 unspecified atom stereocenters. The minimum Gasteiger partial charge on any atom is -0.497 e. The maximum Gasteiger partial charge on any atom is 0.257 e. The summed E-state index contributed by atoms with van der Waals surface area (Å²) >= 11 is 1.45. The molecule has 0 radical (unpaired) electrons. The Kier molecular flexibility index (Phi) is 6.09. The van der Waals surface area contributed by atoms with Gasteiger partial charge in [0.05, 0.1) is 18.7 Å². The number of methoxy groups -OCH3 is 1. The van der Waals surface area contributed by atoms with Gasteiger partial charge in [-0.2, -0.15) is 0 Å². The van der Waals surface area contributed by atoms with Gasteiger partial charge in [0.2, 0.25) is 5.91 Å². The van der Waals surface area contributed by atoms with Crippen molar-refractivity contribution in [2.75, 3.05) is 19.0 Å². The molecule has 0 spiro atoms. The van der Waals surface area contributed by atoms with E-state index in [0.29, 0.717) is 17.2 Å². The topological polar surface area (TPSA) is 80.3 Å². The van der Waals surface area contributed by atoms with Crippen LogP contribution in [0.15, 0.2) is 54.6 Å². The van der Waals surface area contributed by atoms with Crippen molar-refractivity contribution in [1.29, 1.82) is 0 Å². The molecule has 1 aromatic heterocycles. The minimum absolute atomic E-state index is 0.0112. The first-order valence-electron chi connectivity index (χ1n) is 9.90. The van der Waals surface area contributed by atoms with Crippen molar-refractivity contribution >= 4 is 28.3 Å². The highest BCUT2D eigenvalue weighted by Crippen LogP contribution is 2.38. The van der Waals surface area contributed by atoms with Crippen molar-refractivity contribution in [3.63, 3.8) is 0 Å². The Labute approximate surface area is 179 Å². The van der Waals surface area contributed by atoms with Gasteiger partial charge >= 0.3 is 0 Å². The average Bonchev–Trinajstić information content (AvgIpc) is 3.34. The number of anilines is 1. The van der Waals surface area contributed by atoms with Gasteiger partial charge in [-0.25, -0.2) is 4.98 Å². The largest absolute Gasteiger partial charge is 0.497 e. The third kappa shape index (κ3) is 4.52. The van der Waals surface area contributed by atoms with Crippen molar-refractivity contribution in [2.45, 2.75) is 25.2 Å². The molecule has 0 fully saturated rings. The van der Waals surface area contributed by atoms with E-state index in [1.54, 1.807) is 19.2 Å². The molecule has 0 saturated carbocycles. The maximum atomic E-state index is 12.7. The lowest BCUT2D eigenvalue weighted by Gasteiger charge is -2.11. The molecule has 0 bridgehead atoms. The van der Waals surface area contributed by atoms with Crippen LogP contribution in [0.4, 0.5) is 5.13 Å². The predicted octanol–water partition coefficient (Wildman–Crippen LogP) is 3.79. The summed E-state index contributed by atoms with van der Waals surface area (Å²) in [4.78, 5) is 30.7. The van der Waals surface area contributed by atoms with Crippen LogP contribution in [0.2, 0.25) is 0 Å². The lowest BCUT2D eigenvalue weighted by molar-refractivity contribution is -0.122. The Balaban J connectivity index is 1.34. The maximum absolute atomic E-state index is 12.7. The molecule has 7 heteroatoms. The molecule has 1 aliphatic rings. The smallest absolute Gasteiger partial charge is 0.257 e. The quantitative estimate of drug-likeness (QED) is 0.608. The summed E-state index contributed by atoms with van der Waals surface area (Å²) in [5.74, 6) is 0.348. The molecular formula is C23H23N3O3S. The number of carbonyl (C=O) groups is 2. The molecule has 3 aromatic rings. The Hall–Kier alpha value is -3.19. The van der Waals surface area contributed by atoms with Crippen LogP contribution < -0.4 is 15.4 Å². The van der Waals surface area contributed by atoms with E-state index in [2.05, 4.69) is 15.6 Å². The summed E-state index contributed by atoms with van der Waals surface area (Å²) in [5, 5.41) is 6.42. The van der Waals surface area contributed by atoms with Gasteiger partial charge in [-0.05, 0) is 49.1 Å². The van der Waals surface area contributed by atoms with Crippen LogP contribution >= 0.6 is 11.3 Å². The minimum atomic E-state index is -0.260. The molecule has 2 N–H and O–H groups in total. The van der Waals surface area contributed by atoms with E-state index >= 15 is 0 Å². The molecule has 30 heavy (non-hydrogen) atoms. The molecule has 6 nitrogen and oxygen atoms in total. The lowest BCUT2D eigenvalue weighted by Crippen LogP contribution is -2.30. The van der Waals surface area contributed by atoms with E-state index in [1.165, 1.54) is 11.3 Å². The number of ether oxygens (including phenoxy) is 1. The molecule has 2 aromatic carbocycles. The molecule has 0 aliphatic heterocycles. The zero-order chi connectivity index (χ0) is 20.9. The highest BCUT2D eigenvalue weighted by molar-refractivity contribution is 7.16. The molecule has 0 saturated heterocycles. The number of thiazole rings is 1. The average molecular weight is 422 g/mol. The van der Waals surface area contributed by atoms with E-state index in [4.69, 9.17) is 4.74 Å². The molecule has 1 heterocycles. The number of amides is 2. The normalized spacial score (nSPS) is 14.8. The number of nitrogens with zero attached hydrogens (tertiary/aromatic N) is 1. The van der Waals surface area contributed by atoms with Gasteiger partial charge in [0.15, 0.2) is 5.13 Å². The number of aryl methyl sites for hydroxylation is 1. The van der Waals surface area contributed by atoms with Gasteiger partial charge < -0.3 is 10.1 Å². The van der Waals surface area contributed by atoms with Crippen molar-refractivity contribution in [3.05, 3.63) is 76.3 Å². The molecule has 1 aliphatic carbocycles. The summed E-state index contributed by atoms with van der Waals surface area (Å²) in [6.07, 6.45) is 2.30. The first kappa shape index (κ1) is 20.1. The van der Waals surface area contributed by atoms with Crippen LogP contribution in [0, 0.1) is 0 Å². The fourth-order valence-electron chi connectivity index (χ4n) is 3.58. The number of hydrogen-bond acceptors (Lipinski definition) is 5. The summed E-state index contributed by atoms with van der Waals surface area (Å²) in [6.45, 7) is 0.555. The molecule has 1 atom stereocenters. The van der Waals surface area contributed by atoms with Gasteiger partial charge in [0.25, 0.3) is 5.91 Å². The van der Waals surface area contributed by atoms with Gasteiger partial charge in [-0.3, -0.25) is 14.9 Å². The zero-order valence-corrected chi connectivity index (χ0v) is 17.5. The second-order valence-corrected chi connectivity index (χ2v) is 8.22. The lowest BCUT2D eigenvalue weighted by atomic mass is 10.1. The highest BCUT2D eigenvalue weighted by Gasteiger charge is 2.32. The zero-order valence-electron chi connectivity index (χ0n) is 16.7. The van der Waals surface area contributed by atoms with Gasteiger partial charge in [0.1, 0.15) is 5.75 Å². The van der Waals surface area contributed by atoms with Crippen molar-refractivity contribution < 1.29 is 14.3 Å². The second kappa shape index (κ2) is 9.09. The molecule has 154 valence electrons. The van der Waals surface area contributed by atoms with E-state index in [0.717, 1.165) is 41.1 Å². The van der Waals surface area contributed by atoms with Gasteiger partial charge in [0, 0.05) is 17.0 Å². The SMILES string of the molecule is COc1cccc(CCNC(=O)C2CCc3sc(NC(=O)c4ccccc4)nc32)c1. The number of aromatic nitrogens is 1. The van der Waals surface area contributed by atoms with Crippen LogP contribution in [0.3, 0.4) is 0 Å². The van der Waals surface area contributed by atoms with Crippen molar-refractivity contribution in [2.24, 2.45) is 0 Å². The van der Waals surface area contributed by atoms with Crippen LogP contribution in [0.1, 0.15) is 38.8 Å².